The molecule has 0 unspecified atom stereocenters. The lowest BCUT2D eigenvalue weighted by molar-refractivity contribution is -0.128. The fourth-order valence-electron chi connectivity index (χ4n) is 2.00. The number of amides is 1. The number of aromatic nitrogens is 1. The molecule has 2 aromatic rings. The first-order valence-corrected chi connectivity index (χ1v) is 7.51. The molecule has 2 rings (SSSR count). The van der Waals surface area contributed by atoms with Crippen LogP contribution in [0.3, 0.4) is 0 Å². The molecule has 0 fully saturated rings. The molecule has 0 aliphatic heterocycles. The number of ether oxygens (including phenoxy) is 1. The highest BCUT2D eigenvalue weighted by Gasteiger charge is 2.18. The van der Waals surface area contributed by atoms with Gasteiger partial charge in [-0.3, -0.25) is 9.59 Å². The van der Waals surface area contributed by atoms with Crippen molar-refractivity contribution in [1.82, 2.24) is 10.3 Å². The van der Waals surface area contributed by atoms with Crippen molar-refractivity contribution in [3.63, 3.8) is 0 Å². The number of nitrogens with zero attached hydrogens (tertiary/aromatic N) is 1. The van der Waals surface area contributed by atoms with Crippen LogP contribution in [0.4, 0.5) is 0 Å². The Labute approximate surface area is 139 Å². The summed E-state index contributed by atoms with van der Waals surface area (Å²) >= 11 is 5.85. The number of carbonyl (C=O) groups excluding carboxylic acids is 2. The molecule has 0 radical (unpaired) electrons. The number of carbonyl (C=O) groups is 2. The summed E-state index contributed by atoms with van der Waals surface area (Å²) in [4.78, 5) is 27.6. The van der Waals surface area contributed by atoms with Gasteiger partial charge in [-0.2, -0.15) is 0 Å². The van der Waals surface area contributed by atoms with E-state index in [0.717, 1.165) is 5.56 Å². The van der Waals surface area contributed by atoms with E-state index in [9.17, 15) is 9.59 Å². The molecular formula is C17H17ClN2O3. The summed E-state index contributed by atoms with van der Waals surface area (Å²) in [5, 5.41) is 2.87. The van der Waals surface area contributed by atoms with Gasteiger partial charge in [0.1, 0.15) is 0 Å². The summed E-state index contributed by atoms with van der Waals surface area (Å²) < 4.78 is 5.31. The van der Waals surface area contributed by atoms with Gasteiger partial charge < -0.3 is 10.1 Å². The smallest absolute Gasteiger partial charge is 0.258 e. The normalized spacial score (nSPS) is 11.6. The van der Waals surface area contributed by atoms with Crippen molar-refractivity contribution in [3.05, 3.63) is 59.4 Å². The molecule has 1 N–H and O–H groups in total. The summed E-state index contributed by atoms with van der Waals surface area (Å²) in [7, 11) is 0. The van der Waals surface area contributed by atoms with Crippen molar-refractivity contribution < 1.29 is 14.3 Å². The van der Waals surface area contributed by atoms with Gasteiger partial charge in [-0.1, -0.05) is 41.9 Å². The Morgan fingerprint density at radius 1 is 1.22 bits per heavy atom. The third kappa shape index (κ3) is 5.38. The zero-order valence-corrected chi connectivity index (χ0v) is 13.4. The van der Waals surface area contributed by atoms with E-state index in [0.29, 0.717) is 12.2 Å². The number of Topliss-reactive ketones (excluding diaryl/α,β-unsaturated/α-hetero) is 1. The lowest BCUT2D eigenvalue weighted by Crippen LogP contribution is -2.43. The largest absolute Gasteiger partial charge is 0.481 e. The molecule has 1 atom stereocenters. The SMILES string of the molecule is CC(=O)[C@H](Cc1ccccc1)NC(=O)COc1cccnc1Cl. The lowest BCUT2D eigenvalue weighted by Gasteiger charge is -2.16. The maximum atomic E-state index is 12.0. The first-order chi connectivity index (χ1) is 11.1. The predicted octanol–water partition coefficient (Wildman–Crippen LogP) is 2.43. The van der Waals surface area contributed by atoms with Gasteiger partial charge in [0.15, 0.2) is 23.3 Å². The Kier molecular flexibility index (Phi) is 6.11. The highest BCUT2D eigenvalue weighted by atomic mass is 35.5. The average Bonchev–Trinajstić information content (AvgIpc) is 2.54. The second-order valence-electron chi connectivity index (χ2n) is 5.00. The van der Waals surface area contributed by atoms with Gasteiger partial charge in [0.05, 0.1) is 6.04 Å². The predicted molar refractivity (Wildman–Crippen MR) is 87.5 cm³/mol. The second kappa shape index (κ2) is 8.29. The number of rotatable bonds is 7. The molecule has 0 bridgehead atoms. The van der Waals surface area contributed by atoms with Crippen LogP contribution in [-0.2, 0) is 16.0 Å². The van der Waals surface area contributed by atoms with Crippen LogP contribution in [0.25, 0.3) is 0 Å². The average molecular weight is 333 g/mol. The molecule has 1 aromatic heterocycles. The minimum Gasteiger partial charge on any atom is -0.481 e. The molecule has 6 heteroatoms. The van der Waals surface area contributed by atoms with E-state index in [-0.39, 0.29) is 23.5 Å². The quantitative estimate of drug-likeness (QED) is 0.791. The van der Waals surface area contributed by atoms with E-state index in [1.54, 1.807) is 12.1 Å². The Bertz CT molecular complexity index is 677. The summed E-state index contributed by atoms with van der Waals surface area (Å²) in [6.45, 7) is 1.22. The van der Waals surface area contributed by atoms with E-state index in [1.807, 2.05) is 30.3 Å². The molecule has 0 aliphatic rings. The molecule has 0 saturated heterocycles. The van der Waals surface area contributed by atoms with Crippen LogP contribution in [0, 0.1) is 0 Å². The third-order valence-corrected chi connectivity index (χ3v) is 3.48. The number of pyridine rings is 1. The van der Waals surface area contributed by atoms with E-state index >= 15 is 0 Å². The standard InChI is InChI=1S/C17H17ClN2O3/c1-12(21)14(10-13-6-3-2-4-7-13)20-16(22)11-23-15-8-5-9-19-17(15)18/h2-9,14H,10-11H2,1H3,(H,20,22)/t14-/m0/s1. The summed E-state index contributed by atoms with van der Waals surface area (Å²) in [6.07, 6.45) is 1.97. The summed E-state index contributed by atoms with van der Waals surface area (Å²) in [5.41, 5.74) is 0.976. The van der Waals surface area contributed by atoms with Crippen LogP contribution >= 0.6 is 11.6 Å². The molecule has 0 spiro atoms. The van der Waals surface area contributed by atoms with Gasteiger partial charge in [0.2, 0.25) is 0 Å². The molecule has 1 aromatic carbocycles. The van der Waals surface area contributed by atoms with Crippen molar-refractivity contribution in [2.24, 2.45) is 0 Å². The van der Waals surface area contributed by atoms with Crippen LogP contribution < -0.4 is 10.1 Å². The van der Waals surface area contributed by atoms with Crippen LogP contribution in [0.15, 0.2) is 48.7 Å². The van der Waals surface area contributed by atoms with Gasteiger partial charge >= 0.3 is 0 Å². The number of halogens is 1. The monoisotopic (exact) mass is 332 g/mol. The van der Waals surface area contributed by atoms with Crippen molar-refractivity contribution >= 4 is 23.3 Å². The van der Waals surface area contributed by atoms with Crippen molar-refractivity contribution in [2.45, 2.75) is 19.4 Å². The minimum absolute atomic E-state index is 0.110. The number of hydrogen-bond acceptors (Lipinski definition) is 4. The van der Waals surface area contributed by atoms with Crippen LogP contribution in [0.1, 0.15) is 12.5 Å². The third-order valence-electron chi connectivity index (χ3n) is 3.19. The van der Waals surface area contributed by atoms with E-state index in [1.165, 1.54) is 13.1 Å². The fraction of sp³-hybridized carbons (Fsp3) is 0.235. The number of hydrogen-bond donors (Lipinski definition) is 1. The van der Waals surface area contributed by atoms with Crippen LogP contribution in [0.5, 0.6) is 5.75 Å². The van der Waals surface area contributed by atoms with Gasteiger partial charge in [-0.15, -0.1) is 0 Å². The summed E-state index contributed by atoms with van der Waals surface area (Å²) in [6, 6.07) is 12.2. The second-order valence-corrected chi connectivity index (χ2v) is 5.36. The Morgan fingerprint density at radius 3 is 2.61 bits per heavy atom. The Hall–Kier alpha value is -2.40. The maximum absolute atomic E-state index is 12.0. The molecule has 0 aliphatic carbocycles. The maximum Gasteiger partial charge on any atom is 0.258 e. The minimum atomic E-state index is -0.585. The van der Waals surface area contributed by atoms with Crippen LogP contribution in [0.2, 0.25) is 5.15 Å². The fourth-order valence-corrected chi connectivity index (χ4v) is 2.18. The zero-order chi connectivity index (χ0) is 16.7. The molecule has 0 saturated carbocycles. The lowest BCUT2D eigenvalue weighted by atomic mass is 10.0. The molecule has 5 nitrogen and oxygen atoms in total. The first-order valence-electron chi connectivity index (χ1n) is 7.13. The van der Waals surface area contributed by atoms with Crippen molar-refractivity contribution in [1.29, 1.82) is 0 Å². The highest BCUT2D eigenvalue weighted by Crippen LogP contribution is 2.19. The van der Waals surface area contributed by atoms with Gasteiger partial charge in [-0.25, -0.2) is 4.98 Å². The summed E-state index contributed by atoms with van der Waals surface area (Å²) in [5.74, 6) is -0.172. The first kappa shape index (κ1) is 17.0. The van der Waals surface area contributed by atoms with E-state index in [2.05, 4.69) is 10.3 Å². The van der Waals surface area contributed by atoms with Gasteiger partial charge in [0, 0.05) is 6.20 Å². The molecule has 120 valence electrons. The molecular weight excluding hydrogens is 316 g/mol. The van der Waals surface area contributed by atoms with Gasteiger partial charge in [-0.05, 0) is 31.0 Å². The Morgan fingerprint density at radius 2 is 1.96 bits per heavy atom. The van der Waals surface area contributed by atoms with E-state index in [4.69, 9.17) is 16.3 Å². The van der Waals surface area contributed by atoms with Crippen LogP contribution in [-0.4, -0.2) is 29.3 Å². The zero-order valence-electron chi connectivity index (χ0n) is 12.7. The topological polar surface area (TPSA) is 68.3 Å². The molecule has 1 amide bonds. The van der Waals surface area contributed by atoms with Crippen molar-refractivity contribution in [2.75, 3.05) is 6.61 Å². The molecule has 1 heterocycles. The van der Waals surface area contributed by atoms with Gasteiger partial charge in [0.25, 0.3) is 5.91 Å². The molecule has 23 heavy (non-hydrogen) atoms. The van der Waals surface area contributed by atoms with Crippen molar-refractivity contribution in [3.8, 4) is 5.75 Å². The highest BCUT2D eigenvalue weighted by molar-refractivity contribution is 6.30. The van der Waals surface area contributed by atoms with E-state index < -0.39 is 6.04 Å². The number of benzene rings is 1. The number of ketones is 1. The number of nitrogens with one attached hydrogen (secondary N) is 1. The Balaban J connectivity index is 1.91.